The van der Waals surface area contributed by atoms with Gasteiger partial charge in [-0.2, -0.15) is 0 Å². The summed E-state index contributed by atoms with van der Waals surface area (Å²) in [5.74, 6) is -0.855. The molecule has 3 aromatic carbocycles. The molecule has 8 heteroatoms. The van der Waals surface area contributed by atoms with E-state index in [1.165, 1.54) is 56.9 Å². The van der Waals surface area contributed by atoms with Crippen LogP contribution in [0.15, 0.2) is 66.7 Å². The molecule has 0 radical (unpaired) electrons. The summed E-state index contributed by atoms with van der Waals surface area (Å²) in [7, 11) is 0. The molecular formula is C37H45ClO7. The Kier molecular flexibility index (Phi) is 15.5. The van der Waals surface area contributed by atoms with Gasteiger partial charge in [-0.05, 0) is 79.4 Å². The molecule has 0 amide bonds. The fourth-order valence-electron chi connectivity index (χ4n) is 4.58. The molecule has 0 saturated heterocycles. The number of hydrogen-bond acceptors (Lipinski definition) is 7. The average Bonchev–Trinajstić information content (AvgIpc) is 3.05. The lowest BCUT2D eigenvalue weighted by Crippen LogP contribution is -2.26. The molecule has 0 bridgehead atoms. The minimum atomic E-state index is -1.03. The number of rotatable bonds is 19. The van der Waals surface area contributed by atoms with Gasteiger partial charge < -0.3 is 18.9 Å². The van der Waals surface area contributed by atoms with Gasteiger partial charge in [0.05, 0.1) is 29.4 Å². The number of carbonyl (C=O) groups is 3. The van der Waals surface area contributed by atoms with Gasteiger partial charge in [0.1, 0.15) is 11.5 Å². The van der Waals surface area contributed by atoms with E-state index in [1.54, 1.807) is 12.1 Å². The lowest BCUT2D eigenvalue weighted by atomic mass is 10.0. The van der Waals surface area contributed by atoms with E-state index in [2.05, 4.69) is 13.8 Å². The number of esters is 3. The summed E-state index contributed by atoms with van der Waals surface area (Å²) >= 11 is 6.49. The first-order valence-electron chi connectivity index (χ1n) is 16.0. The molecule has 0 fully saturated rings. The Balaban J connectivity index is 1.47. The third-order valence-electron chi connectivity index (χ3n) is 7.30. The number of unbranched alkanes of at least 4 members (excludes halogenated alkanes) is 8. The summed E-state index contributed by atoms with van der Waals surface area (Å²) in [5, 5.41) is 0.543. The minimum absolute atomic E-state index is 0.222. The minimum Gasteiger partial charge on any atom is -0.492 e. The highest BCUT2D eigenvalue weighted by Crippen LogP contribution is 2.31. The van der Waals surface area contributed by atoms with E-state index in [4.69, 9.17) is 30.5 Å². The van der Waals surface area contributed by atoms with Crippen molar-refractivity contribution in [3.05, 3.63) is 82.9 Å². The molecule has 242 valence electrons. The van der Waals surface area contributed by atoms with Crippen LogP contribution in [-0.2, 0) is 14.3 Å². The van der Waals surface area contributed by atoms with Crippen LogP contribution in [0, 0.1) is 0 Å². The SMILES string of the molecule is CCCCCCCCOc1ccc(-c2ccc(C(=O)Oc3ccc(C(=O)O[C@@H](C)C(=O)OCCCCCC)cc3)cc2)cc1Cl. The maximum atomic E-state index is 12.7. The molecular weight excluding hydrogens is 592 g/mol. The highest BCUT2D eigenvalue weighted by atomic mass is 35.5. The summed E-state index contributed by atoms with van der Waals surface area (Å²) in [6, 6.07) is 18.6. The maximum Gasteiger partial charge on any atom is 0.347 e. The van der Waals surface area contributed by atoms with Crippen LogP contribution >= 0.6 is 11.6 Å². The van der Waals surface area contributed by atoms with Gasteiger partial charge in [0.15, 0.2) is 6.10 Å². The fourth-order valence-corrected chi connectivity index (χ4v) is 4.82. The first-order chi connectivity index (χ1) is 21.8. The third-order valence-corrected chi connectivity index (χ3v) is 7.60. The highest BCUT2D eigenvalue weighted by Gasteiger charge is 2.20. The van der Waals surface area contributed by atoms with Crippen molar-refractivity contribution in [2.75, 3.05) is 13.2 Å². The van der Waals surface area contributed by atoms with Gasteiger partial charge in [-0.1, -0.05) is 95.0 Å². The van der Waals surface area contributed by atoms with Crippen LogP contribution in [0.4, 0.5) is 0 Å². The molecule has 0 unspecified atom stereocenters. The van der Waals surface area contributed by atoms with Crippen molar-refractivity contribution in [1.82, 2.24) is 0 Å². The van der Waals surface area contributed by atoms with E-state index in [0.29, 0.717) is 29.5 Å². The summed E-state index contributed by atoms with van der Waals surface area (Å²) < 4.78 is 21.8. The lowest BCUT2D eigenvalue weighted by Gasteiger charge is -2.13. The van der Waals surface area contributed by atoms with Gasteiger partial charge in [0, 0.05) is 0 Å². The second-order valence-corrected chi connectivity index (χ2v) is 11.4. The molecule has 0 aliphatic heterocycles. The van der Waals surface area contributed by atoms with Gasteiger partial charge >= 0.3 is 17.9 Å². The number of benzene rings is 3. The van der Waals surface area contributed by atoms with Crippen LogP contribution in [0.2, 0.25) is 5.02 Å². The second-order valence-electron chi connectivity index (χ2n) is 11.0. The lowest BCUT2D eigenvalue weighted by molar-refractivity contribution is -0.153. The van der Waals surface area contributed by atoms with Gasteiger partial charge in [0.25, 0.3) is 0 Å². The van der Waals surface area contributed by atoms with Crippen LogP contribution in [0.5, 0.6) is 11.5 Å². The van der Waals surface area contributed by atoms with Crippen LogP contribution in [0.25, 0.3) is 11.1 Å². The Bertz CT molecular complexity index is 1350. The normalized spacial score (nSPS) is 11.5. The predicted octanol–water partition coefficient (Wildman–Crippen LogP) is 9.63. The molecule has 45 heavy (non-hydrogen) atoms. The zero-order valence-electron chi connectivity index (χ0n) is 26.6. The number of carbonyl (C=O) groups excluding carboxylic acids is 3. The Labute approximate surface area is 272 Å². The monoisotopic (exact) mass is 636 g/mol. The summed E-state index contributed by atoms with van der Waals surface area (Å²) in [4.78, 5) is 37.3. The largest absolute Gasteiger partial charge is 0.492 e. The zero-order valence-corrected chi connectivity index (χ0v) is 27.4. The third kappa shape index (κ3) is 12.2. The molecule has 1 atom stereocenters. The van der Waals surface area contributed by atoms with Crippen molar-refractivity contribution in [2.24, 2.45) is 0 Å². The zero-order chi connectivity index (χ0) is 32.4. The van der Waals surface area contributed by atoms with E-state index in [-0.39, 0.29) is 11.3 Å². The van der Waals surface area contributed by atoms with Crippen molar-refractivity contribution in [1.29, 1.82) is 0 Å². The highest BCUT2D eigenvalue weighted by molar-refractivity contribution is 6.32. The molecule has 7 nitrogen and oxygen atoms in total. The van der Waals surface area contributed by atoms with Crippen LogP contribution in [0.1, 0.15) is 106 Å². The summed E-state index contributed by atoms with van der Waals surface area (Å²) in [6.45, 7) is 6.74. The van der Waals surface area contributed by atoms with Crippen molar-refractivity contribution in [3.63, 3.8) is 0 Å². The van der Waals surface area contributed by atoms with Crippen LogP contribution in [0.3, 0.4) is 0 Å². The average molecular weight is 637 g/mol. The molecule has 3 aromatic rings. The van der Waals surface area contributed by atoms with E-state index in [9.17, 15) is 14.4 Å². The van der Waals surface area contributed by atoms with Crippen LogP contribution in [-0.4, -0.2) is 37.2 Å². The van der Waals surface area contributed by atoms with E-state index in [0.717, 1.165) is 49.7 Å². The van der Waals surface area contributed by atoms with Crippen molar-refractivity contribution in [3.8, 4) is 22.6 Å². The number of hydrogen-bond donors (Lipinski definition) is 0. The van der Waals surface area contributed by atoms with E-state index in [1.807, 2.05) is 30.3 Å². The molecule has 0 aliphatic rings. The first kappa shape index (κ1) is 35.6. The topological polar surface area (TPSA) is 88.1 Å². The van der Waals surface area contributed by atoms with Crippen molar-refractivity contribution in [2.45, 2.75) is 91.1 Å². The molecule has 0 aromatic heterocycles. The first-order valence-corrected chi connectivity index (χ1v) is 16.4. The summed E-state index contributed by atoms with van der Waals surface area (Å²) in [5.41, 5.74) is 2.39. The van der Waals surface area contributed by atoms with Gasteiger partial charge in [-0.15, -0.1) is 0 Å². The van der Waals surface area contributed by atoms with E-state index < -0.39 is 24.0 Å². The second kappa shape index (κ2) is 19.5. The number of ether oxygens (including phenoxy) is 4. The van der Waals surface area contributed by atoms with Gasteiger partial charge in [0.2, 0.25) is 0 Å². The maximum absolute atomic E-state index is 12.7. The Morgan fingerprint density at radius 1 is 0.667 bits per heavy atom. The molecule has 0 heterocycles. The van der Waals surface area contributed by atoms with Crippen molar-refractivity contribution >= 4 is 29.5 Å². The van der Waals surface area contributed by atoms with Gasteiger partial charge in [-0.3, -0.25) is 0 Å². The number of halogens is 1. The van der Waals surface area contributed by atoms with Crippen molar-refractivity contribution < 1.29 is 33.3 Å². The standard InChI is InChI=1S/C37H45ClO7/c1-4-6-8-10-11-13-24-42-34-23-20-31(26-33(34)38)28-14-16-29(17-15-28)37(41)45-32-21-18-30(19-22-32)36(40)44-27(3)35(39)43-25-12-9-7-5-2/h14-23,26-27H,4-13,24-25H2,1-3H3/t27-/m0/s1. The summed E-state index contributed by atoms with van der Waals surface area (Å²) in [6.07, 6.45) is 10.1. The van der Waals surface area contributed by atoms with Gasteiger partial charge in [-0.25, -0.2) is 14.4 Å². The molecule has 0 aliphatic carbocycles. The predicted molar refractivity (Wildman–Crippen MR) is 177 cm³/mol. The Morgan fingerprint density at radius 2 is 1.22 bits per heavy atom. The molecule has 0 spiro atoms. The molecule has 3 rings (SSSR count). The molecule has 0 N–H and O–H groups in total. The smallest absolute Gasteiger partial charge is 0.347 e. The van der Waals surface area contributed by atoms with Crippen LogP contribution < -0.4 is 9.47 Å². The Hall–Kier alpha value is -3.84. The Morgan fingerprint density at radius 3 is 1.89 bits per heavy atom. The van der Waals surface area contributed by atoms with E-state index >= 15 is 0 Å². The molecule has 0 saturated carbocycles. The fraction of sp³-hybridized carbons (Fsp3) is 0.432. The quantitative estimate of drug-likeness (QED) is 0.0735.